The number of nitrogens with zero attached hydrogens (tertiary/aromatic N) is 9. The molecule has 0 aliphatic carbocycles. The Morgan fingerprint density at radius 1 is 0.656 bits per heavy atom. The minimum absolute atomic E-state index is 0. The summed E-state index contributed by atoms with van der Waals surface area (Å²) in [6.07, 6.45) is 6.12. The van der Waals surface area contributed by atoms with Crippen molar-refractivity contribution in [3.05, 3.63) is 91.6 Å². The van der Waals surface area contributed by atoms with Gasteiger partial charge in [-0.05, 0) is 13.2 Å². The third-order valence-electron chi connectivity index (χ3n) is 7.17. The number of nitrogens with one attached hydrogen (secondary N) is 4. The number of hydroxylamine groups is 2. The molecule has 61 heavy (non-hydrogen) atoms. The van der Waals surface area contributed by atoms with Crippen molar-refractivity contribution in [1.29, 1.82) is 0 Å². The van der Waals surface area contributed by atoms with Crippen LogP contribution in [0, 0.1) is 23.7 Å². The lowest BCUT2D eigenvalue weighted by Crippen LogP contribution is -2.21. The van der Waals surface area contributed by atoms with E-state index in [1.165, 1.54) is 24.7 Å². The lowest BCUT2D eigenvalue weighted by atomic mass is 10.2. The smallest absolute Gasteiger partial charge is 0.240 e. The number of hydrogen-bond acceptors (Lipinski definition) is 18. The Balaban J connectivity index is 0.000000687. The number of ether oxygens (including phenoxy) is 1. The van der Waals surface area contributed by atoms with Crippen molar-refractivity contribution >= 4 is 35.4 Å². The van der Waals surface area contributed by atoms with E-state index in [1.807, 2.05) is 55.4 Å². The SMILES string of the molecule is C.C=C1CN=C(C(C)C)O1.C=C1N=C(C(C)C)NO1.C=C1N=C(C(C)C)NO1.C=C1N=C(C(C)C)NS1.CC(C)c1ncco1.CC(C)c1ncn[nH]1.CC(C)c1ncon1. The topological polar surface area (TPSA) is 220 Å². The van der Waals surface area contributed by atoms with Gasteiger partial charge in [-0.15, -0.1) is 0 Å². The van der Waals surface area contributed by atoms with Crippen LogP contribution in [-0.4, -0.2) is 60.3 Å². The molecular formula is C42H71N13O5S. The van der Waals surface area contributed by atoms with Gasteiger partial charge in [0.25, 0.3) is 0 Å². The quantitative estimate of drug-likeness (QED) is 0.162. The molecular weight excluding hydrogens is 799 g/mol. The molecule has 0 spiro atoms. The lowest BCUT2D eigenvalue weighted by molar-refractivity contribution is 0.176. The van der Waals surface area contributed by atoms with Gasteiger partial charge in [0, 0.05) is 53.4 Å². The molecule has 19 heteroatoms. The molecule has 0 atom stereocenters. The van der Waals surface area contributed by atoms with Gasteiger partial charge in [0.2, 0.25) is 18.2 Å². The Hall–Kier alpha value is -5.72. The Labute approximate surface area is 367 Å². The molecule has 340 valence electrons. The summed E-state index contributed by atoms with van der Waals surface area (Å²) in [6, 6.07) is 0. The number of oxazole rings is 1. The molecule has 3 aromatic rings. The molecule has 0 bridgehead atoms. The maximum absolute atomic E-state index is 5.18. The molecule has 7 rings (SSSR count). The summed E-state index contributed by atoms with van der Waals surface area (Å²) in [7, 11) is 0. The highest BCUT2D eigenvalue weighted by atomic mass is 32.2. The van der Waals surface area contributed by atoms with E-state index >= 15 is 0 Å². The second-order valence-electron chi connectivity index (χ2n) is 15.2. The van der Waals surface area contributed by atoms with Gasteiger partial charge in [0.1, 0.15) is 53.3 Å². The zero-order valence-corrected chi connectivity index (χ0v) is 38.7. The van der Waals surface area contributed by atoms with Crippen LogP contribution in [0.5, 0.6) is 0 Å². The van der Waals surface area contributed by atoms with E-state index in [-0.39, 0.29) is 7.43 Å². The first kappa shape index (κ1) is 55.3. The maximum atomic E-state index is 5.18. The molecule has 0 radical (unpaired) electrons. The maximum Gasteiger partial charge on any atom is 0.240 e. The largest absolute Gasteiger partial charge is 0.449 e. The Bertz CT molecular complexity index is 1650. The summed E-state index contributed by atoms with van der Waals surface area (Å²) in [5, 5.41) is 11.0. The van der Waals surface area contributed by atoms with Gasteiger partial charge < -0.3 is 28.1 Å². The Morgan fingerprint density at radius 3 is 1.43 bits per heavy atom. The summed E-state index contributed by atoms with van der Waals surface area (Å²) < 4.78 is 17.7. The first-order chi connectivity index (χ1) is 28.2. The van der Waals surface area contributed by atoms with Crippen LogP contribution in [0.25, 0.3) is 0 Å². The van der Waals surface area contributed by atoms with Gasteiger partial charge in [0.05, 0.1) is 6.20 Å². The summed E-state index contributed by atoms with van der Waals surface area (Å²) in [5.41, 5.74) is 5.31. The van der Waals surface area contributed by atoms with E-state index in [0.717, 1.165) is 51.7 Å². The highest BCUT2D eigenvalue weighted by Crippen LogP contribution is 2.19. The molecule has 4 aliphatic heterocycles. The molecule has 0 unspecified atom stereocenters. The van der Waals surface area contributed by atoms with Gasteiger partial charge in [-0.1, -0.05) is 123 Å². The molecule has 7 heterocycles. The number of aromatic nitrogens is 6. The van der Waals surface area contributed by atoms with Crippen LogP contribution in [0.1, 0.15) is 140 Å². The second kappa shape index (κ2) is 29.5. The summed E-state index contributed by atoms with van der Waals surface area (Å²) in [5.74, 6) is 10.6. The van der Waals surface area contributed by atoms with Gasteiger partial charge in [-0.3, -0.25) is 5.10 Å². The fourth-order valence-corrected chi connectivity index (χ4v) is 4.39. The third-order valence-corrected chi connectivity index (χ3v) is 7.81. The molecule has 0 aromatic carbocycles. The van der Waals surface area contributed by atoms with Crippen LogP contribution in [0.2, 0.25) is 0 Å². The predicted octanol–water partition coefficient (Wildman–Crippen LogP) is 10.00. The first-order valence-electron chi connectivity index (χ1n) is 19.7. The number of hydrogen-bond donors (Lipinski definition) is 4. The summed E-state index contributed by atoms with van der Waals surface area (Å²) in [6.45, 7) is 43.7. The fourth-order valence-electron chi connectivity index (χ4n) is 3.74. The van der Waals surface area contributed by atoms with E-state index in [9.17, 15) is 0 Å². The van der Waals surface area contributed by atoms with E-state index in [4.69, 9.17) is 18.8 Å². The average Bonchev–Trinajstić information content (AvgIpc) is 4.03. The molecule has 0 saturated carbocycles. The standard InChI is InChI=1S/C7H11NO.2C6H10N2O.C6H10N2S.C6H9NO.C5H9N3.C5H8N2O.CH4/c1-5(2)7-8-4-6(3)9-7;3*1-4(2)6-7-5(3)9-8-6;1-5(2)6-7-3-4-8-6;1-4(2)5-6-3-7-8-5;1-4(2)5-6-3-8-7-5;/h5H,3-4H2,1-2H3;3*4H,3H2,1-2H3,(H,7,8);3-5H,1-2H3;3-4H,1-2H3,(H,6,7,8);3-4H,1-2H3;1H4. The molecule has 18 nitrogen and oxygen atoms in total. The Kier molecular flexibility index (Phi) is 26.7. The number of H-pyrrole nitrogens is 1. The van der Waals surface area contributed by atoms with Crippen molar-refractivity contribution in [2.24, 2.45) is 43.6 Å². The van der Waals surface area contributed by atoms with E-state index in [2.05, 4.69) is 138 Å². The van der Waals surface area contributed by atoms with Gasteiger partial charge in [0.15, 0.2) is 17.6 Å². The van der Waals surface area contributed by atoms with Crippen LogP contribution >= 0.6 is 11.9 Å². The lowest BCUT2D eigenvalue weighted by Gasteiger charge is -2.02. The second-order valence-corrected chi connectivity index (χ2v) is 16.1. The minimum Gasteiger partial charge on any atom is -0.449 e. The average molecular weight is 870 g/mol. The van der Waals surface area contributed by atoms with Crippen molar-refractivity contribution in [2.75, 3.05) is 6.54 Å². The van der Waals surface area contributed by atoms with E-state index in [0.29, 0.717) is 59.7 Å². The zero-order valence-electron chi connectivity index (χ0n) is 37.9. The highest BCUT2D eigenvalue weighted by molar-refractivity contribution is 8.02. The minimum atomic E-state index is 0. The van der Waals surface area contributed by atoms with Gasteiger partial charge in [-0.2, -0.15) is 20.1 Å². The highest BCUT2D eigenvalue weighted by Gasteiger charge is 2.15. The zero-order chi connectivity index (χ0) is 45.4. The number of amidine groups is 3. The van der Waals surface area contributed by atoms with Crippen LogP contribution in [0.4, 0.5) is 0 Å². The first-order valence-corrected chi connectivity index (χ1v) is 20.5. The van der Waals surface area contributed by atoms with E-state index < -0.39 is 0 Å². The normalized spacial score (nSPS) is 14.5. The Morgan fingerprint density at radius 2 is 1.23 bits per heavy atom. The van der Waals surface area contributed by atoms with Crippen molar-refractivity contribution in [2.45, 2.75) is 122 Å². The summed E-state index contributed by atoms with van der Waals surface area (Å²) in [4.78, 5) is 37.5. The third kappa shape index (κ3) is 23.6. The van der Waals surface area contributed by atoms with Crippen molar-refractivity contribution in [3.8, 4) is 0 Å². The number of rotatable bonds is 7. The fraction of sp³-hybridized carbons (Fsp3) is 0.548. The van der Waals surface area contributed by atoms with Crippen LogP contribution in [-0.2, 0) is 14.4 Å². The molecule has 0 saturated heterocycles. The molecule has 4 aliphatic rings. The molecule has 0 amide bonds. The van der Waals surface area contributed by atoms with Crippen LogP contribution in [0.15, 0.2) is 103 Å². The van der Waals surface area contributed by atoms with Crippen molar-refractivity contribution < 1.29 is 23.4 Å². The number of aromatic amines is 1. The molecule has 4 N–H and O–H groups in total. The van der Waals surface area contributed by atoms with Crippen LogP contribution < -0.4 is 15.7 Å². The monoisotopic (exact) mass is 870 g/mol. The molecule has 3 aromatic heterocycles. The van der Waals surface area contributed by atoms with E-state index in [1.54, 1.807) is 12.5 Å². The van der Waals surface area contributed by atoms with Crippen LogP contribution in [0.3, 0.4) is 0 Å². The predicted molar refractivity (Wildman–Crippen MR) is 247 cm³/mol. The molecule has 0 fully saturated rings. The van der Waals surface area contributed by atoms with Gasteiger partial charge in [-0.25, -0.2) is 30.9 Å². The summed E-state index contributed by atoms with van der Waals surface area (Å²) >= 11 is 1.49. The number of aliphatic imine (C=N–C) groups is 4. The van der Waals surface area contributed by atoms with Crippen molar-refractivity contribution in [3.63, 3.8) is 0 Å². The van der Waals surface area contributed by atoms with Gasteiger partial charge >= 0.3 is 0 Å². The van der Waals surface area contributed by atoms with Crippen molar-refractivity contribution in [1.82, 2.24) is 46.0 Å².